The van der Waals surface area contributed by atoms with Gasteiger partial charge in [-0.1, -0.05) is 26.3 Å². The number of primary amides is 1. The lowest BCUT2D eigenvalue weighted by Crippen LogP contribution is -2.40. The van der Waals surface area contributed by atoms with Crippen molar-refractivity contribution >= 4 is 23.4 Å². The number of hydrogen-bond donors (Lipinski definition) is 4. The van der Waals surface area contributed by atoms with E-state index in [0.29, 0.717) is 17.5 Å². The summed E-state index contributed by atoms with van der Waals surface area (Å²) >= 11 is 0. The van der Waals surface area contributed by atoms with Crippen LogP contribution in [-0.2, 0) is 0 Å². The zero-order chi connectivity index (χ0) is 21.5. The van der Waals surface area contributed by atoms with Crippen LogP contribution in [0.1, 0.15) is 43.5 Å². The van der Waals surface area contributed by atoms with Crippen molar-refractivity contribution in [3.63, 3.8) is 0 Å². The van der Waals surface area contributed by atoms with Crippen molar-refractivity contribution in [2.24, 2.45) is 11.5 Å². The molecule has 3 rings (SSSR count). The maximum atomic E-state index is 11.9. The Morgan fingerprint density at radius 1 is 1.23 bits per heavy atom. The van der Waals surface area contributed by atoms with E-state index in [1.807, 2.05) is 24.3 Å². The van der Waals surface area contributed by atoms with Gasteiger partial charge in [-0.15, -0.1) is 0 Å². The van der Waals surface area contributed by atoms with Gasteiger partial charge in [-0.05, 0) is 31.0 Å². The predicted octanol–water partition coefficient (Wildman–Crippen LogP) is 2.22. The highest BCUT2D eigenvalue weighted by Gasteiger charge is 2.18. The minimum atomic E-state index is -0.622. The fourth-order valence-electron chi connectivity index (χ4n) is 3.13. The summed E-state index contributed by atoms with van der Waals surface area (Å²) in [6.07, 6.45) is 7.32. The Morgan fingerprint density at radius 3 is 2.67 bits per heavy atom. The molecule has 10 heteroatoms. The van der Waals surface area contributed by atoms with Crippen LogP contribution in [0.3, 0.4) is 0 Å². The Labute approximate surface area is 175 Å². The average Bonchev–Trinajstić information content (AvgIpc) is 3.27. The SMILES string of the molecule is CCC[C@@H](N)[C@H](CC)Nc1ncc(C(N)=O)c(Nc2cccc(-n3nccn3)c2)n1. The quantitative estimate of drug-likeness (QED) is 0.398. The maximum absolute atomic E-state index is 11.9. The number of aromatic nitrogens is 5. The van der Waals surface area contributed by atoms with Gasteiger partial charge in [-0.3, -0.25) is 4.79 Å². The van der Waals surface area contributed by atoms with E-state index in [1.165, 1.54) is 11.0 Å². The van der Waals surface area contributed by atoms with Gasteiger partial charge in [-0.25, -0.2) is 4.98 Å². The Kier molecular flexibility index (Phi) is 6.91. The fourth-order valence-corrected chi connectivity index (χ4v) is 3.13. The number of rotatable bonds is 10. The van der Waals surface area contributed by atoms with Crippen LogP contribution < -0.4 is 22.1 Å². The van der Waals surface area contributed by atoms with E-state index in [2.05, 4.69) is 44.6 Å². The molecule has 0 aliphatic carbocycles. The van der Waals surface area contributed by atoms with Crippen LogP contribution in [0.15, 0.2) is 42.9 Å². The van der Waals surface area contributed by atoms with E-state index in [0.717, 1.165) is 24.9 Å². The van der Waals surface area contributed by atoms with Crippen molar-refractivity contribution < 1.29 is 4.79 Å². The van der Waals surface area contributed by atoms with Crippen LogP contribution in [0.5, 0.6) is 0 Å². The normalized spacial score (nSPS) is 12.9. The summed E-state index contributed by atoms with van der Waals surface area (Å²) in [5, 5.41) is 14.7. The van der Waals surface area contributed by atoms with Crippen LogP contribution in [0.4, 0.5) is 17.5 Å². The molecule has 3 aromatic rings. The number of carbonyl (C=O) groups is 1. The highest BCUT2D eigenvalue weighted by Crippen LogP contribution is 2.22. The summed E-state index contributed by atoms with van der Waals surface area (Å²) < 4.78 is 0. The molecule has 2 aromatic heterocycles. The number of carbonyl (C=O) groups excluding carboxylic acids is 1. The summed E-state index contributed by atoms with van der Waals surface area (Å²) in [4.78, 5) is 22.1. The molecule has 2 heterocycles. The second-order valence-corrected chi connectivity index (χ2v) is 6.93. The van der Waals surface area contributed by atoms with Crippen molar-refractivity contribution in [1.29, 1.82) is 0 Å². The van der Waals surface area contributed by atoms with Gasteiger partial charge in [0, 0.05) is 24.0 Å². The van der Waals surface area contributed by atoms with Gasteiger partial charge in [0.05, 0.1) is 18.1 Å². The lowest BCUT2D eigenvalue weighted by molar-refractivity contribution is 0.100. The van der Waals surface area contributed by atoms with E-state index < -0.39 is 5.91 Å². The number of benzene rings is 1. The Bertz CT molecular complexity index is 974. The molecular weight excluding hydrogens is 382 g/mol. The predicted molar refractivity (Wildman–Crippen MR) is 116 cm³/mol. The van der Waals surface area contributed by atoms with Crippen LogP contribution >= 0.6 is 0 Å². The second-order valence-electron chi connectivity index (χ2n) is 6.93. The minimum absolute atomic E-state index is 0.0194. The van der Waals surface area contributed by atoms with Crippen molar-refractivity contribution in [1.82, 2.24) is 25.0 Å². The maximum Gasteiger partial charge on any atom is 0.254 e. The van der Waals surface area contributed by atoms with Crippen LogP contribution in [-0.4, -0.2) is 43.0 Å². The van der Waals surface area contributed by atoms with Crippen molar-refractivity contribution in [3.05, 3.63) is 48.4 Å². The minimum Gasteiger partial charge on any atom is -0.365 e. The summed E-state index contributed by atoms with van der Waals surface area (Å²) in [5.74, 6) is 0.0685. The molecule has 1 amide bonds. The van der Waals surface area contributed by atoms with Gasteiger partial charge in [0.1, 0.15) is 11.4 Å². The molecule has 0 saturated carbocycles. The standard InChI is InChI=1S/C20H27N9O/c1-3-6-16(21)17(4-2)27-20-23-12-15(18(22)30)19(28-20)26-13-7-5-8-14(11-13)29-24-9-10-25-29/h5,7-12,16-17H,3-4,6,21H2,1-2H3,(H2,22,30)(H2,23,26,27,28)/t16-,17+/m1/s1. The van der Waals surface area contributed by atoms with Crippen molar-refractivity contribution in [2.75, 3.05) is 10.6 Å². The van der Waals surface area contributed by atoms with Crippen molar-refractivity contribution in [3.8, 4) is 5.69 Å². The Balaban J connectivity index is 1.87. The molecule has 30 heavy (non-hydrogen) atoms. The number of nitrogens with one attached hydrogen (secondary N) is 2. The van der Waals surface area contributed by atoms with Gasteiger partial charge >= 0.3 is 0 Å². The summed E-state index contributed by atoms with van der Waals surface area (Å²) in [5.41, 5.74) is 13.4. The van der Waals surface area contributed by atoms with E-state index in [4.69, 9.17) is 11.5 Å². The van der Waals surface area contributed by atoms with Crippen LogP contribution in [0.2, 0.25) is 0 Å². The molecule has 2 atom stereocenters. The topological polar surface area (TPSA) is 150 Å². The van der Waals surface area contributed by atoms with Gasteiger partial charge in [-0.2, -0.15) is 20.0 Å². The van der Waals surface area contributed by atoms with Crippen LogP contribution in [0, 0.1) is 0 Å². The first-order valence-corrected chi connectivity index (χ1v) is 9.94. The van der Waals surface area contributed by atoms with E-state index in [-0.39, 0.29) is 17.6 Å². The smallest absolute Gasteiger partial charge is 0.254 e. The highest BCUT2D eigenvalue weighted by molar-refractivity contribution is 5.98. The molecule has 0 saturated heterocycles. The lowest BCUT2D eigenvalue weighted by Gasteiger charge is -2.24. The van der Waals surface area contributed by atoms with E-state index >= 15 is 0 Å². The third-order valence-electron chi connectivity index (χ3n) is 4.71. The largest absolute Gasteiger partial charge is 0.365 e. The zero-order valence-corrected chi connectivity index (χ0v) is 17.1. The molecule has 158 valence electrons. The Morgan fingerprint density at radius 2 is 2.00 bits per heavy atom. The fraction of sp³-hybridized carbons (Fsp3) is 0.350. The first kappa shape index (κ1) is 21.2. The lowest BCUT2D eigenvalue weighted by atomic mass is 10.0. The summed E-state index contributed by atoms with van der Waals surface area (Å²) in [6, 6.07) is 7.40. The summed E-state index contributed by atoms with van der Waals surface area (Å²) in [7, 11) is 0. The number of anilines is 3. The summed E-state index contributed by atoms with van der Waals surface area (Å²) in [6.45, 7) is 4.15. The molecule has 0 aliphatic rings. The molecule has 1 aromatic carbocycles. The third kappa shape index (κ3) is 5.09. The molecule has 0 bridgehead atoms. The van der Waals surface area contributed by atoms with E-state index in [9.17, 15) is 4.79 Å². The number of nitrogens with zero attached hydrogens (tertiary/aromatic N) is 5. The first-order chi connectivity index (χ1) is 14.5. The number of hydrogen-bond acceptors (Lipinski definition) is 8. The molecule has 0 spiro atoms. The first-order valence-electron chi connectivity index (χ1n) is 9.94. The van der Waals surface area contributed by atoms with Gasteiger partial charge in [0.2, 0.25) is 5.95 Å². The zero-order valence-electron chi connectivity index (χ0n) is 17.1. The molecule has 0 unspecified atom stereocenters. The third-order valence-corrected chi connectivity index (χ3v) is 4.71. The van der Waals surface area contributed by atoms with Crippen LogP contribution in [0.25, 0.3) is 5.69 Å². The molecule has 0 fully saturated rings. The van der Waals surface area contributed by atoms with Crippen molar-refractivity contribution in [2.45, 2.75) is 45.2 Å². The molecule has 0 aliphatic heterocycles. The monoisotopic (exact) mass is 409 g/mol. The Hall–Kier alpha value is -3.53. The highest BCUT2D eigenvalue weighted by atomic mass is 16.1. The van der Waals surface area contributed by atoms with E-state index in [1.54, 1.807) is 12.4 Å². The van der Waals surface area contributed by atoms with Gasteiger partial charge in [0.25, 0.3) is 5.91 Å². The van der Waals surface area contributed by atoms with Gasteiger partial charge in [0.15, 0.2) is 0 Å². The molecule has 10 nitrogen and oxygen atoms in total. The molecule has 6 N–H and O–H groups in total. The number of amides is 1. The molecule has 0 radical (unpaired) electrons. The average molecular weight is 409 g/mol. The number of nitrogens with two attached hydrogens (primary N) is 2. The second kappa shape index (κ2) is 9.79. The molecular formula is C20H27N9O. The van der Waals surface area contributed by atoms with Gasteiger partial charge < -0.3 is 22.1 Å².